The van der Waals surface area contributed by atoms with E-state index in [4.69, 9.17) is 0 Å². The molecule has 0 radical (unpaired) electrons. The van der Waals surface area contributed by atoms with Crippen LogP contribution in [-0.4, -0.2) is 10.8 Å². The molecule has 0 heterocycles. The second-order valence-electron chi connectivity index (χ2n) is 4.17. The van der Waals surface area contributed by atoms with Gasteiger partial charge in [0.05, 0.1) is 16.2 Å². The zero-order valence-corrected chi connectivity index (χ0v) is 12.2. The Morgan fingerprint density at radius 3 is 2.45 bits per heavy atom. The molecule has 2 rings (SSSR count). The van der Waals surface area contributed by atoms with E-state index >= 15 is 0 Å². The minimum atomic E-state index is -0.468. The van der Waals surface area contributed by atoms with Crippen LogP contribution in [0.2, 0.25) is 0 Å². The number of hydrogen-bond donors (Lipinski definition) is 1. The number of nitrogens with zero attached hydrogens (tertiary/aromatic N) is 1. The molecular weight excluding hydrogens is 324 g/mol. The van der Waals surface area contributed by atoms with E-state index in [1.54, 1.807) is 43.3 Å². The van der Waals surface area contributed by atoms with E-state index in [9.17, 15) is 14.9 Å². The molecule has 2 aromatic carbocycles. The highest BCUT2D eigenvalue weighted by atomic mass is 79.9. The van der Waals surface area contributed by atoms with Crippen molar-refractivity contribution in [2.75, 3.05) is 5.32 Å². The van der Waals surface area contributed by atoms with E-state index in [0.29, 0.717) is 16.8 Å². The molecule has 0 aliphatic carbocycles. The van der Waals surface area contributed by atoms with Crippen molar-refractivity contribution < 1.29 is 9.72 Å². The van der Waals surface area contributed by atoms with Crippen LogP contribution in [0.5, 0.6) is 0 Å². The highest BCUT2D eigenvalue weighted by Gasteiger charge is 2.15. The van der Waals surface area contributed by atoms with E-state index in [-0.39, 0.29) is 11.6 Å². The van der Waals surface area contributed by atoms with Gasteiger partial charge in [0.15, 0.2) is 0 Å². The zero-order valence-electron chi connectivity index (χ0n) is 10.6. The maximum absolute atomic E-state index is 12.1. The fraction of sp³-hybridized carbons (Fsp3) is 0.0714. The number of hydrogen-bond acceptors (Lipinski definition) is 3. The Morgan fingerprint density at radius 2 is 1.85 bits per heavy atom. The van der Waals surface area contributed by atoms with Gasteiger partial charge in [0.1, 0.15) is 0 Å². The monoisotopic (exact) mass is 334 g/mol. The number of halogens is 1. The Labute approximate surface area is 123 Å². The highest BCUT2D eigenvalue weighted by molar-refractivity contribution is 9.10. The van der Waals surface area contributed by atoms with Gasteiger partial charge in [-0.1, -0.05) is 22.0 Å². The maximum Gasteiger partial charge on any atom is 0.274 e. The van der Waals surface area contributed by atoms with Crippen molar-refractivity contribution in [2.24, 2.45) is 0 Å². The quantitative estimate of drug-likeness (QED) is 0.683. The van der Waals surface area contributed by atoms with Crippen LogP contribution in [-0.2, 0) is 0 Å². The van der Waals surface area contributed by atoms with Crippen LogP contribution in [0.15, 0.2) is 46.9 Å². The first-order valence-electron chi connectivity index (χ1n) is 5.80. The molecule has 0 aromatic heterocycles. The lowest BCUT2D eigenvalue weighted by Crippen LogP contribution is -2.13. The van der Waals surface area contributed by atoms with Crippen LogP contribution in [0.1, 0.15) is 15.9 Å². The number of anilines is 1. The molecule has 1 N–H and O–H groups in total. The predicted molar refractivity (Wildman–Crippen MR) is 79.9 cm³/mol. The molecule has 20 heavy (non-hydrogen) atoms. The van der Waals surface area contributed by atoms with Crippen molar-refractivity contribution in [2.45, 2.75) is 6.92 Å². The Kier molecular flexibility index (Phi) is 4.14. The molecule has 0 spiro atoms. The van der Waals surface area contributed by atoms with Gasteiger partial charge >= 0.3 is 0 Å². The smallest absolute Gasteiger partial charge is 0.274 e. The van der Waals surface area contributed by atoms with Gasteiger partial charge in [-0.15, -0.1) is 0 Å². The molecule has 102 valence electrons. The molecule has 0 aliphatic rings. The van der Waals surface area contributed by atoms with Gasteiger partial charge in [0.25, 0.3) is 11.6 Å². The molecule has 0 fully saturated rings. The number of carbonyl (C=O) groups is 1. The first-order chi connectivity index (χ1) is 9.49. The van der Waals surface area contributed by atoms with Crippen LogP contribution in [0.4, 0.5) is 11.4 Å². The van der Waals surface area contributed by atoms with Crippen molar-refractivity contribution >= 4 is 33.2 Å². The summed E-state index contributed by atoms with van der Waals surface area (Å²) in [5, 5.41) is 13.5. The van der Waals surface area contributed by atoms with Gasteiger partial charge in [0.2, 0.25) is 0 Å². The highest BCUT2D eigenvalue weighted by Crippen LogP contribution is 2.25. The second-order valence-corrected chi connectivity index (χ2v) is 5.08. The normalized spacial score (nSPS) is 10.1. The third-order valence-corrected chi connectivity index (χ3v) is 3.39. The summed E-state index contributed by atoms with van der Waals surface area (Å²) in [6, 6.07) is 11.5. The lowest BCUT2D eigenvalue weighted by Gasteiger charge is -2.08. The van der Waals surface area contributed by atoms with Gasteiger partial charge in [0, 0.05) is 16.1 Å². The summed E-state index contributed by atoms with van der Waals surface area (Å²) in [6.45, 7) is 1.61. The third kappa shape index (κ3) is 3.03. The van der Waals surface area contributed by atoms with Crippen LogP contribution in [0.3, 0.4) is 0 Å². The molecule has 2 aromatic rings. The van der Waals surface area contributed by atoms with E-state index < -0.39 is 4.92 Å². The van der Waals surface area contributed by atoms with Gasteiger partial charge < -0.3 is 5.32 Å². The predicted octanol–water partition coefficient (Wildman–Crippen LogP) is 3.92. The largest absolute Gasteiger partial charge is 0.321 e. The molecule has 0 aliphatic heterocycles. The fourth-order valence-electron chi connectivity index (χ4n) is 1.75. The summed E-state index contributed by atoms with van der Waals surface area (Å²) in [5.74, 6) is -0.305. The van der Waals surface area contributed by atoms with E-state index in [0.717, 1.165) is 4.47 Å². The van der Waals surface area contributed by atoms with Crippen molar-refractivity contribution in [1.29, 1.82) is 0 Å². The second kappa shape index (κ2) is 5.83. The molecule has 0 saturated carbocycles. The van der Waals surface area contributed by atoms with E-state index in [2.05, 4.69) is 21.2 Å². The van der Waals surface area contributed by atoms with Crippen LogP contribution < -0.4 is 5.32 Å². The Bertz CT molecular complexity index is 669. The summed E-state index contributed by atoms with van der Waals surface area (Å²) >= 11 is 3.29. The number of rotatable bonds is 3. The summed E-state index contributed by atoms with van der Waals surface area (Å²) in [6.07, 6.45) is 0. The minimum absolute atomic E-state index is 0.0152. The van der Waals surface area contributed by atoms with Gasteiger partial charge in [-0.3, -0.25) is 14.9 Å². The van der Waals surface area contributed by atoms with Crippen molar-refractivity contribution in [1.82, 2.24) is 0 Å². The Morgan fingerprint density at radius 1 is 1.20 bits per heavy atom. The number of benzene rings is 2. The molecule has 0 saturated heterocycles. The number of amides is 1. The first-order valence-corrected chi connectivity index (χ1v) is 6.59. The summed E-state index contributed by atoms with van der Waals surface area (Å²) in [4.78, 5) is 22.4. The lowest BCUT2D eigenvalue weighted by molar-refractivity contribution is -0.385. The summed E-state index contributed by atoms with van der Waals surface area (Å²) in [5.41, 5.74) is 1.34. The number of nitrogens with one attached hydrogen (secondary N) is 1. The fourth-order valence-corrected chi connectivity index (χ4v) is 2.02. The topological polar surface area (TPSA) is 72.2 Å². The summed E-state index contributed by atoms with van der Waals surface area (Å²) < 4.78 is 0.876. The van der Waals surface area contributed by atoms with Crippen molar-refractivity contribution in [3.63, 3.8) is 0 Å². The summed E-state index contributed by atoms with van der Waals surface area (Å²) in [7, 11) is 0. The molecule has 6 heteroatoms. The molecule has 1 amide bonds. The number of nitro groups is 1. The van der Waals surface area contributed by atoms with Crippen LogP contribution >= 0.6 is 15.9 Å². The van der Waals surface area contributed by atoms with E-state index in [1.165, 1.54) is 6.07 Å². The van der Waals surface area contributed by atoms with Crippen molar-refractivity contribution in [3.8, 4) is 0 Å². The van der Waals surface area contributed by atoms with Crippen LogP contribution in [0, 0.1) is 17.0 Å². The molecule has 0 atom stereocenters. The van der Waals surface area contributed by atoms with Crippen molar-refractivity contribution in [3.05, 3.63) is 68.2 Å². The van der Waals surface area contributed by atoms with Gasteiger partial charge in [-0.25, -0.2) is 0 Å². The number of nitro benzene ring substituents is 1. The van der Waals surface area contributed by atoms with E-state index in [1.807, 2.05) is 0 Å². The average molecular weight is 335 g/mol. The number of carbonyl (C=O) groups excluding carboxylic acids is 1. The van der Waals surface area contributed by atoms with Gasteiger partial charge in [-0.05, 0) is 37.3 Å². The molecule has 0 unspecified atom stereocenters. The molecule has 5 nitrogen and oxygen atoms in total. The maximum atomic E-state index is 12.1. The zero-order chi connectivity index (χ0) is 14.7. The third-order valence-electron chi connectivity index (χ3n) is 2.86. The molecular formula is C14H11BrN2O3. The minimum Gasteiger partial charge on any atom is -0.321 e. The SMILES string of the molecule is Cc1c(NC(=O)c2ccc(Br)cc2)cccc1[N+](=O)[O-]. The average Bonchev–Trinajstić information content (AvgIpc) is 2.41. The Hall–Kier alpha value is -2.21. The van der Waals surface area contributed by atoms with Crippen LogP contribution in [0.25, 0.3) is 0 Å². The van der Waals surface area contributed by atoms with Gasteiger partial charge in [-0.2, -0.15) is 0 Å². The first kappa shape index (κ1) is 14.2. The lowest BCUT2D eigenvalue weighted by atomic mass is 10.1. The standard InChI is InChI=1S/C14H11BrN2O3/c1-9-12(3-2-4-13(9)17(19)20)16-14(18)10-5-7-11(15)8-6-10/h2-8H,1H3,(H,16,18). The molecule has 0 bridgehead atoms. The Balaban J connectivity index is 2.26.